The minimum atomic E-state index is -4.58. The molecule has 0 atom stereocenters. The summed E-state index contributed by atoms with van der Waals surface area (Å²) in [5, 5.41) is 0. The van der Waals surface area contributed by atoms with Gasteiger partial charge >= 0.3 is 6.18 Å². The molecule has 0 fully saturated rings. The number of ether oxygens (including phenoxy) is 1. The minimum absolute atomic E-state index is 0.0794. The van der Waals surface area contributed by atoms with Gasteiger partial charge in [-0.2, -0.15) is 13.2 Å². The molecule has 0 aromatic carbocycles. The molecular formula is C15H14F3N3O3S. The number of aliphatic imine (C=N–C) groups is 1. The number of nitrogens with zero attached hydrogens (tertiary/aromatic N) is 3. The second-order valence-electron chi connectivity index (χ2n) is 4.80. The van der Waals surface area contributed by atoms with Gasteiger partial charge in [-0.25, -0.2) is 18.4 Å². The van der Waals surface area contributed by atoms with E-state index in [0.29, 0.717) is 6.20 Å². The Balaban J connectivity index is 2.57. The van der Waals surface area contributed by atoms with Gasteiger partial charge in [0.05, 0.1) is 35.2 Å². The van der Waals surface area contributed by atoms with Gasteiger partial charge in [-0.3, -0.25) is 4.98 Å². The predicted octanol–water partition coefficient (Wildman–Crippen LogP) is 3.01. The molecule has 0 amide bonds. The molecule has 2 rings (SSSR count). The smallest absolute Gasteiger partial charge is 0.417 e. The van der Waals surface area contributed by atoms with Crippen LogP contribution in [0.25, 0.3) is 0 Å². The van der Waals surface area contributed by atoms with Crippen LogP contribution in [0.15, 0.2) is 46.7 Å². The van der Waals surface area contributed by atoms with Crippen LogP contribution in [0.2, 0.25) is 0 Å². The molecule has 6 nitrogen and oxygen atoms in total. The largest absolute Gasteiger partial charge is 0.479 e. The van der Waals surface area contributed by atoms with E-state index in [9.17, 15) is 21.6 Å². The van der Waals surface area contributed by atoms with Crippen molar-refractivity contribution in [3.63, 3.8) is 0 Å². The Morgan fingerprint density at radius 3 is 2.64 bits per heavy atom. The van der Waals surface area contributed by atoms with Crippen LogP contribution in [0.1, 0.15) is 18.2 Å². The van der Waals surface area contributed by atoms with Gasteiger partial charge in [-0.15, -0.1) is 0 Å². The Hall–Kier alpha value is -2.49. The normalized spacial score (nSPS) is 12.9. The van der Waals surface area contributed by atoms with Gasteiger partial charge in [-0.1, -0.05) is 6.92 Å². The van der Waals surface area contributed by atoms with Crippen molar-refractivity contribution in [1.29, 1.82) is 0 Å². The zero-order valence-corrected chi connectivity index (χ0v) is 14.1. The summed E-state index contributed by atoms with van der Waals surface area (Å²) in [6.07, 6.45) is -1.47. The van der Waals surface area contributed by atoms with Gasteiger partial charge in [0.2, 0.25) is 5.90 Å². The van der Waals surface area contributed by atoms with Gasteiger partial charge in [0.25, 0.3) is 0 Å². The molecule has 0 saturated carbocycles. The van der Waals surface area contributed by atoms with Crippen molar-refractivity contribution in [2.45, 2.75) is 18.0 Å². The molecule has 0 N–H and O–H groups in total. The van der Waals surface area contributed by atoms with Crippen LogP contribution in [-0.2, 0) is 20.8 Å². The van der Waals surface area contributed by atoms with Crippen LogP contribution in [0.3, 0.4) is 0 Å². The van der Waals surface area contributed by atoms with Crippen molar-refractivity contribution in [3.05, 3.63) is 48.0 Å². The van der Waals surface area contributed by atoms with E-state index in [1.165, 1.54) is 32.4 Å². The third-order valence-electron chi connectivity index (χ3n) is 3.16. The maximum absolute atomic E-state index is 12.8. The first-order chi connectivity index (χ1) is 11.7. The summed E-state index contributed by atoms with van der Waals surface area (Å²) in [5.74, 6) is -0.401. The number of hydrogen-bond acceptors (Lipinski definition) is 6. The quantitative estimate of drug-likeness (QED) is 0.608. The van der Waals surface area contributed by atoms with E-state index in [0.717, 1.165) is 12.3 Å². The van der Waals surface area contributed by atoms with Gasteiger partial charge in [0.1, 0.15) is 5.69 Å². The van der Waals surface area contributed by atoms with E-state index in [4.69, 9.17) is 4.74 Å². The summed E-state index contributed by atoms with van der Waals surface area (Å²) in [6, 6.07) is 3.55. The molecule has 0 spiro atoms. The molecule has 10 heteroatoms. The highest BCUT2D eigenvalue weighted by Crippen LogP contribution is 2.31. The van der Waals surface area contributed by atoms with Gasteiger partial charge in [0.15, 0.2) is 9.84 Å². The van der Waals surface area contributed by atoms with E-state index < -0.39 is 21.6 Å². The highest BCUT2D eigenvalue weighted by atomic mass is 32.2. The Bertz CT molecular complexity index is 896. The lowest BCUT2D eigenvalue weighted by Crippen LogP contribution is -2.15. The van der Waals surface area contributed by atoms with Gasteiger partial charge in [-0.05, 0) is 18.2 Å². The second-order valence-corrected chi connectivity index (χ2v) is 7.05. The van der Waals surface area contributed by atoms with Crippen molar-refractivity contribution in [2.24, 2.45) is 4.99 Å². The number of alkyl halides is 3. The zero-order valence-electron chi connectivity index (χ0n) is 13.3. The minimum Gasteiger partial charge on any atom is -0.479 e. The molecule has 0 aliphatic heterocycles. The Morgan fingerprint density at radius 2 is 2.04 bits per heavy atom. The molecule has 2 aromatic rings. The topological polar surface area (TPSA) is 81.5 Å². The van der Waals surface area contributed by atoms with Crippen molar-refractivity contribution < 1.29 is 26.3 Å². The molecule has 0 aliphatic rings. The average Bonchev–Trinajstić information content (AvgIpc) is 2.59. The summed E-state index contributed by atoms with van der Waals surface area (Å²) in [7, 11) is -2.41. The zero-order chi connectivity index (χ0) is 18.7. The number of aromatic nitrogens is 2. The van der Waals surface area contributed by atoms with Crippen LogP contribution >= 0.6 is 0 Å². The standard InChI is InChI=1S/C15H14F3N3O3S/c1-3-25(22,23)12-5-4-6-20-13(12)14(24-2)21-11-7-10(8-19-9-11)15(16,17)18/h4-9H,3H2,1-2H3/b21-14-. The number of halogens is 3. The summed E-state index contributed by atoms with van der Waals surface area (Å²) >= 11 is 0. The fourth-order valence-corrected chi connectivity index (χ4v) is 2.95. The number of pyridine rings is 2. The number of methoxy groups -OCH3 is 1. The third kappa shape index (κ3) is 4.32. The van der Waals surface area contributed by atoms with E-state index in [2.05, 4.69) is 15.0 Å². The van der Waals surface area contributed by atoms with E-state index in [-0.39, 0.29) is 27.9 Å². The van der Waals surface area contributed by atoms with Crippen molar-refractivity contribution in [3.8, 4) is 0 Å². The first-order valence-electron chi connectivity index (χ1n) is 7.02. The molecule has 2 heterocycles. The van der Waals surface area contributed by atoms with Crippen molar-refractivity contribution in [2.75, 3.05) is 12.9 Å². The Morgan fingerprint density at radius 1 is 1.32 bits per heavy atom. The highest BCUT2D eigenvalue weighted by molar-refractivity contribution is 7.91. The highest BCUT2D eigenvalue weighted by Gasteiger charge is 2.31. The molecular weight excluding hydrogens is 359 g/mol. The molecule has 0 unspecified atom stereocenters. The van der Waals surface area contributed by atoms with Crippen LogP contribution in [0.5, 0.6) is 0 Å². The maximum atomic E-state index is 12.8. The monoisotopic (exact) mass is 373 g/mol. The fraction of sp³-hybridized carbons (Fsp3) is 0.267. The van der Waals surface area contributed by atoms with Gasteiger partial charge < -0.3 is 4.74 Å². The summed E-state index contributed by atoms with van der Waals surface area (Å²) in [6.45, 7) is 1.46. The van der Waals surface area contributed by atoms with Crippen LogP contribution in [0, 0.1) is 0 Å². The summed E-state index contributed by atoms with van der Waals surface area (Å²) in [4.78, 5) is 11.3. The number of hydrogen-bond donors (Lipinski definition) is 0. The lowest BCUT2D eigenvalue weighted by molar-refractivity contribution is -0.137. The van der Waals surface area contributed by atoms with Crippen LogP contribution in [-0.4, -0.2) is 37.1 Å². The molecule has 25 heavy (non-hydrogen) atoms. The predicted molar refractivity (Wildman–Crippen MR) is 84.4 cm³/mol. The van der Waals surface area contributed by atoms with Crippen LogP contribution < -0.4 is 0 Å². The van der Waals surface area contributed by atoms with Crippen molar-refractivity contribution in [1.82, 2.24) is 9.97 Å². The second kappa shape index (κ2) is 7.18. The molecule has 0 aliphatic carbocycles. The summed E-state index contributed by atoms with van der Waals surface area (Å²) < 4.78 is 67.7. The van der Waals surface area contributed by atoms with Crippen molar-refractivity contribution >= 4 is 21.4 Å². The SMILES string of the molecule is CCS(=O)(=O)c1cccnc1/C(=N/c1cncc(C(F)(F)F)c1)OC. The van der Waals surface area contributed by atoms with Gasteiger partial charge in [0, 0.05) is 12.4 Å². The molecule has 2 aromatic heterocycles. The third-order valence-corrected chi connectivity index (χ3v) is 4.92. The maximum Gasteiger partial charge on any atom is 0.417 e. The molecule has 0 bridgehead atoms. The summed E-state index contributed by atoms with van der Waals surface area (Å²) in [5.41, 5.74) is -1.20. The lowest BCUT2D eigenvalue weighted by atomic mass is 10.2. The van der Waals surface area contributed by atoms with Crippen LogP contribution in [0.4, 0.5) is 18.9 Å². The Kier molecular flexibility index (Phi) is 5.41. The Labute approximate surface area is 142 Å². The number of rotatable bonds is 4. The van der Waals surface area contributed by atoms with E-state index in [1.807, 2.05) is 0 Å². The lowest BCUT2D eigenvalue weighted by Gasteiger charge is -2.10. The first kappa shape index (κ1) is 18.8. The molecule has 0 radical (unpaired) electrons. The first-order valence-corrected chi connectivity index (χ1v) is 8.67. The molecule has 134 valence electrons. The molecule has 0 saturated heterocycles. The van der Waals surface area contributed by atoms with E-state index in [1.54, 1.807) is 0 Å². The van der Waals surface area contributed by atoms with E-state index >= 15 is 0 Å². The number of sulfone groups is 1. The average molecular weight is 373 g/mol. The fourth-order valence-electron chi connectivity index (χ4n) is 1.91.